The Bertz CT molecular complexity index is 420. The highest BCUT2D eigenvalue weighted by Gasteiger charge is 1.99. The summed E-state index contributed by atoms with van der Waals surface area (Å²) in [7, 11) is 0. The Morgan fingerprint density at radius 2 is 2.33 bits per heavy atom. The second kappa shape index (κ2) is 4.18. The standard InChI is InChI=1S/C9H10ClN5/c10-8-1-6(11)2-9(15-8)13-4-7-3-12-5-14-7/h1-3,5H,4H2,(H,12,14)(H3,11,13,15). The lowest BCUT2D eigenvalue weighted by Crippen LogP contribution is -2.02. The average molecular weight is 224 g/mol. The van der Waals surface area contributed by atoms with Crippen LogP contribution in [0.2, 0.25) is 5.15 Å². The normalized spacial score (nSPS) is 10.2. The third kappa shape index (κ3) is 2.60. The number of pyridine rings is 1. The van der Waals surface area contributed by atoms with Gasteiger partial charge in [-0.2, -0.15) is 0 Å². The van der Waals surface area contributed by atoms with Crippen LogP contribution in [0.5, 0.6) is 0 Å². The van der Waals surface area contributed by atoms with Crippen molar-refractivity contribution < 1.29 is 0 Å². The van der Waals surface area contributed by atoms with Gasteiger partial charge in [-0.05, 0) is 6.07 Å². The number of halogens is 1. The fourth-order valence-electron chi connectivity index (χ4n) is 1.17. The molecule has 6 heteroatoms. The largest absolute Gasteiger partial charge is 0.399 e. The highest BCUT2D eigenvalue weighted by Crippen LogP contribution is 2.16. The van der Waals surface area contributed by atoms with E-state index in [-0.39, 0.29) is 0 Å². The molecule has 15 heavy (non-hydrogen) atoms. The Labute approximate surface area is 91.7 Å². The van der Waals surface area contributed by atoms with Crippen molar-refractivity contribution in [3.8, 4) is 0 Å². The lowest BCUT2D eigenvalue weighted by atomic mass is 10.4. The summed E-state index contributed by atoms with van der Waals surface area (Å²) in [6, 6.07) is 3.32. The zero-order valence-corrected chi connectivity index (χ0v) is 8.62. The molecule has 0 saturated heterocycles. The number of nitrogens with one attached hydrogen (secondary N) is 2. The number of nitrogen functional groups attached to an aromatic ring is 1. The maximum absolute atomic E-state index is 5.76. The molecule has 78 valence electrons. The Morgan fingerprint density at radius 3 is 3.00 bits per heavy atom. The third-order valence-electron chi connectivity index (χ3n) is 1.83. The minimum atomic E-state index is 0.377. The number of aromatic amines is 1. The highest BCUT2D eigenvalue weighted by molar-refractivity contribution is 6.29. The van der Waals surface area contributed by atoms with E-state index < -0.39 is 0 Å². The van der Waals surface area contributed by atoms with E-state index in [0.717, 1.165) is 5.69 Å². The zero-order chi connectivity index (χ0) is 10.7. The Balaban J connectivity index is 2.05. The van der Waals surface area contributed by atoms with E-state index in [9.17, 15) is 0 Å². The van der Waals surface area contributed by atoms with Crippen LogP contribution < -0.4 is 11.1 Å². The first-order valence-electron chi connectivity index (χ1n) is 4.38. The van der Waals surface area contributed by atoms with Crippen molar-refractivity contribution in [3.63, 3.8) is 0 Å². The van der Waals surface area contributed by atoms with E-state index in [0.29, 0.717) is 23.2 Å². The molecular weight excluding hydrogens is 214 g/mol. The van der Waals surface area contributed by atoms with E-state index in [1.807, 2.05) is 0 Å². The monoisotopic (exact) mass is 223 g/mol. The van der Waals surface area contributed by atoms with Gasteiger partial charge in [0.05, 0.1) is 18.6 Å². The van der Waals surface area contributed by atoms with Gasteiger partial charge in [-0.1, -0.05) is 11.6 Å². The first-order valence-corrected chi connectivity index (χ1v) is 4.76. The quantitative estimate of drug-likeness (QED) is 0.692. The summed E-state index contributed by atoms with van der Waals surface area (Å²) in [5.74, 6) is 0.648. The van der Waals surface area contributed by atoms with Gasteiger partial charge >= 0.3 is 0 Å². The summed E-state index contributed by atoms with van der Waals surface area (Å²) in [5.41, 5.74) is 7.18. The van der Waals surface area contributed by atoms with Crippen molar-refractivity contribution in [1.29, 1.82) is 0 Å². The summed E-state index contributed by atoms with van der Waals surface area (Å²) in [6.45, 7) is 0.604. The van der Waals surface area contributed by atoms with Crippen LogP contribution in [-0.4, -0.2) is 15.0 Å². The molecule has 2 aromatic rings. The summed E-state index contributed by atoms with van der Waals surface area (Å²) in [6.07, 6.45) is 3.36. The van der Waals surface area contributed by atoms with Crippen molar-refractivity contribution >= 4 is 23.1 Å². The van der Waals surface area contributed by atoms with Crippen molar-refractivity contribution in [1.82, 2.24) is 15.0 Å². The molecule has 5 nitrogen and oxygen atoms in total. The van der Waals surface area contributed by atoms with E-state index in [1.165, 1.54) is 0 Å². The molecule has 0 bridgehead atoms. The fourth-order valence-corrected chi connectivity index (χ4v) is 1.39. The van der Waals surface area contributed by atoms with E-state index in [2.05, 4.69) is 20.3 Å². The molecule has 0 fully saturated rings. The van der Waals surface area contributed by atoms with Crippen LogP contribution >= 0.6 is 11.6 Å². The molecule has 2 heterocycles. The molecule has 0 aliphatic rings. The van der Waals surface area contributed by atoms with Gasteiger partial charge in [0.2, 0.25) is 0 Å². The van der Waals surface area contributed by atoms with Gasteiger partial charge in [0, 0.05) is 18.0 Å². The van der Waals surface area contributed by atoms with Crippen LogP contribution in [0.4, 0.5) is 11.5 Å². The molecule has 0 amide bonds. The number of hydrogen-bond acceptors (Lipinski definition) is 4. The molecule has 2 aromatic heterocycles. The van der Waals surface area contributed by atoms with Crippen LogP contribution in [0, 0.1) is 0 Å². The average Bonchev–Trinajstić information content (AvgIpc) is 2.65. The van der Waals surface area contributed by atoms with Crippen molar-refractivity contribution in [2.24, 2.45) is 0 Å². The molecule has 4 N–H and O–H groups in total. The Hall–Kier alpha value is -1.75. The summed E-state index contributed by atoms with van der Waals surface area (Å²) in [5, 5.41) is 3.46. The van der Waals surface area contributed by atoms with Gasteiger partial charge in [-0.25, -0.2) is 9.97 Å². The molecule has 0 aromatic carbocycles. The Morgan fingerprint density at radius 1 is 1.47 bits per heavy atom. The minimum absolute atomic E-state index is 0.377. The molecule has 0 saturated carbocycles. The second-order valence-corrected chi connectivity index (χ2v) is 3.43. The van der Waals surface area contributed by atoms with Gasteiger partial charge in [0.25, 0.3) is 0 Å². The van der Waals surface area contributed by atoms with Crippen LogP contribution in [0.3, 0.4) is 0 Å². The molecule has 2 rings (SSSR count). The van der Waals surface area contributed by atoms with Gasteiger partial charge in [-0.3, -0.25) is 0 Å². The number of rotatable bonds is 3. The smallest absolute Gasteiger partial charge is 0.133 e. The predicted molar refractivity (Wildman–Crippen MR) is 59.6 cm³/mol. The van der Waals surface area contributed by atoms with Gasteiger partial charge in [0.15, 0.2) is 0 Å². The van der Waals surface area contributed by atoms with E-state index >= 15 is 0 Å². The third-order valence-corrected chi connectivity index (χ3v) is 2.02. The van der Waals surface area contributed by atoms with Crippen molar-refractivity contribution in [3.05, 3.63) is 35.5 Å². The van der Waals surface area contributed by atoms with Gasteiger partial charge in [-0.15, -0.1) is 0 Å². The lowest BCUT2D eigenvalue weighted by Gasteiger charge is -2.05. The van der Waals surface area contributed by atoms with Crippen LogP contribution in [-0.2, 0) is 6.54 Å². The number of H-pyrrole nitrogens is 1. The fraction of sp³-hybridized carbons (Fsp3) is 0.111. The molecule has 0 aliphatic heterocycles. The first kappa shape index (κ1) is 9.79. The minimum Gasteiger partial charge on any atom is -0.399 e. The van der Waals surface area contributed by atoms with Crippen molar-refractivity contribution in [2.75, 3.05) is 11.1 Å². The van der Waals surface area contributed by atoms with Gasteiger partial charge in [0.1, 0.15) is 11.0 Å². The number of anilines is 2. The number of imidazole rings is 1. The predicted octanol–water partition coefficient (Wildman–Crippen LogP) is 1.65. The topological polar surface area (TPSA) is 79.6 Å². The van der Waals surface area contributed by atoms with Crippen molar-refractivity contribution in [2.45, 2.75) is 6.54 Å². The highest BCUT2D eigenvalue weighted by atomic mass is 35.5. The Kier molecular flexibility index (Phi) is 2.73. The molecule has 0 radical (unpaired) electrons. The molecule has 0 spiro atoms. The summed E-state index contributed by atoms with van der Waals surface area (Å²) < 4.78 is 0. The van der Waals surface area contributed by atoms with Crippen LogP contribution in [0.15, 0.2) is 24.7 Å². The zero-order valence-electron chi connectivity index (χ0n) is 7.87. The summed E-state index contributed by atoms with van der Waals surface area (Å²) >= 11 is 5.76. The van der Waals surface area contributed by atoms with Crippen LogP contribution in [0.25, 0.3) is 0 Å². The molecule has 0 aliphatic carbocycles. The first-order chi connectivity index (χ1) is 7.24. The van der Waals surface area contributed by atoms with E-state index in [1.54, 1.807) is 24.7 Å². The number of nitrogens with zero attached hydrogens (tertiary/aromatic N) is 2. The number of hydrogen-bond donors (Lipinski definition) is 3. The maximum Gasteiger partial charge on any atom is 0.133 e. The summed E-state index contributed by atoms with van der Waals surface area (Å²) in [4.78, 5) is 10.9. The lowest BCUT2D eigenvalue weighted by molar-refractivity contribution is 1.05. The van der Waals surface area contributed by atoms with Gasteiger partial charge < -0.3 is 16.0 Å². The number of aromatic nitrogens is 3. The second-order valence-electron chi connectivity index (χ2n) is 3.04. The SMILES string of the molecule is Nc1cc(Cl)nc(NCc2cnc[nH]2)c1. The molecular formula is C9H10ClN5. The van der Waals surface area contributed by atoms with Crippen LogP contribution in [0.1, 0.15) is 5.69 Å². The molecule has 0 atom stereocenters. The number of nitrogens with two attached hydrogens (primary N) is 1. The maximum atomic E-state index is 5.76. The molecule has 0 unspecified atom stereocenters. The van der Waals surface area contributed by atoms with E-state index in [4.69, 9.17) is 17.3 Å².